The Kier molecular flexibility index (Phi) is 4.51. The number of para-hydroxylation sites is 1. The summed E-state index contributed by atoms with van der Waals surface area (Å²) in [4.78, 5) is 14.8. The predicted octanol–water partition coefficient (Wildman–Crippen LogP) is 4.68. The molecule has 0 atom stereocenters. The zero-order chi connectivity index (χ0) is 18.1. The number of amides is 1. The van der Waals surface area contributed by atoms with Gasteiger partial charge in [0.05, 0.1) is 11.4 Å². The number of carbonyl (C=O) groups is 1. The van der Waals surface area contributed by atoms with E-state index in [-0.39, 0.29) is 5.91 Å². The van der Waals surface area contributed by atoms with Crippen molar-refractivity contribution < 1.29 is 4.79 Å². The summed E-state index contributed by atoms with van der Waals surface area (Å²) in [6.45, 7) is 0.456. The largest absolute Gasteiger partial charge is 0.336 e. The summed E-state index contributed by atoms with van der Waals surface area (Å²) in [5.74, 6) is 0.425. The number of hydrogen-bond donors (Lipinski definition) is 0. The summed E-state index contributed by atoms with van der Waals surface area (Å²) in [6, 6.07) is 19.3. The molecule has 0 radical (unpaired) electrons. The standard InChI is InChI=1S/C21H20ClN3O/c1-24(14-16-7-5-6-10-18(16)22)21(26)20-13-19(15-11-12-15)23-25(20)17-8-3-2-4-9-17/h2-10,13,15H,11-12,14H2,1H3. The zero-order valence-corrected chi connectivity index (χ0v) is 15.4. The molecule has 4 nitrogen and oxygen atoms in total. The first-order valence-electron chi connectivity index (χ1n) is 8.78. The van der Waals surface area contributed by atoms with Crippen molar-refractivity contribution in [1.82, 2.24) is 14.7 Å². The summed E-state index contributed by atoms with van der Waals surface area (Å²) in [5.41, 5.74) is 3.42. The van der Waals surface area contributed by atoms with Gasteiger partial charge in [0, 0.05) is 24.5 Å². The molecule has 0 N–H and O–H groups in total. The molecule has 1 aromatic heterocycles. The Morgan fingerprint density at radius 1 is 1.15 bits per heavy atom. The predicted molar refractivity (Wildman–Crippen MR) is 103 cm³/mol. The van der Waals surface area contributed by atoms with Gasteiger partial charge in [0.15, 0.2) is 0 Å². The maximum absolute atomic E-state index is 13.1. The first-order chi connectivity index (χ1) is 12.6. The SMILES string of the molecule is CN(Cc1ccccc1Cl)C(=O)c1cc(C2CC2)nn1-c1ccccc1. The second-order valence-corrected chi connectivity index (χ2v) is 7.14. The molecule has 4 rings (SSSR count). The Labute approximate surface area is 158 Å². The summed E-state index contributed by atoms with van der Waals surface area (Å²) in [7, 11) is 1.80. The minimum atomic E-state index is -0.0619. The van der Waals surface area contributed by atoms with Gasteiger partial charge in [-0.15, -0.1) is 0 Å². The van der Waals surface area contributed by atoms with Crippen LogP contribution in [0.5, 0.6) is 0 Å². The van der Waals surface area contributed by atoms with E-state index >= 15 is 0 Å². The molecule has 0 bridgehead atoms. The van der Waals surface area contributed by atoms with E-state index in [2.05, 4.69) is 0 Å². The van der Waals surface area contributed by atoms with Gasteiger partial charge in [-0.25, -0.2) is 4.68 Å². The van der Waals surface area contributed by atoms with Crippen molar-refractivity contribution >= 4 is 17.5 Å². The maximum atomic E-state index is 13.1. The van der Waals surface area contributed by atoms with Crippen LogP contribution in [0, 0.1) is 0 Å². The molecular formula is C21H20ClN3O. The summed E-state index contributed by atoms with van der Waals surface area (Å²) in [5, 5.41) is 5.38. The number of hydrogen-bond acceptors (Lipinski definition) is 2. The van der Waals surface area contributed by atoms with E-state index in [0.717, 1.165) is 29.8 Å². The molecule has 1 saturated carbocycles. The smallest absolute Gasteiger partial charge is 0.272 e. The van der Waals surface area contributed by atoms with Gasteiger partial charge in [-0.3, -0.25) is 4.79 Å². The Balaban J connectivity index is 1.65. The first-order valence-corrected chi connectivity index (χ1v) is 9.15. The van der Waals surface area contributed by atoms with E-state index < -0.39 is 0 Å². The van der Waals surface area contributed by atoms with Crippen molar-refractivity contribution in [2.45, 2.75) is 25.3 Å². The number of halogens is 1. The molecule has 1 fully saturated rings. The fraction of sp³-hybridized carbons (Fsp3) is 0.238. The van der Waals surface area contributed by atoms with Gasteiger partial charge >= 0.3 is 0 Å². The van der Waals surface area contributed by atoms with Crippen molar-refractivity contribution in [2.75, 3.05) is 7.05 Å². The molecule has 0 aliphatic heterocycles. The van der Waals surface area contributed by atoms with Crippen LogP contribution >= 0.6 is 11.6 Å². The van der Waals surface area contributed by atoms with Gasteiger partial charge in [-0.2, -0.15) is 5.10 Å². The van der Waals surface area contributed by atoms with Crippen molar-refractivity contribution in [3.63, 3.8) is 0 Å². The third-order valence-electron chi connectivity index (χ3n) is 4.66. The second kappa shape index (κ2) is 6.96. The van der Waals surface area contributed by atoms with Gasteiger partial charge in [-0.1, -0.05) is 48.0 Å². The molecule has 0 saturated heterocycles. The highest BCUT2D eigenvalue weighted by molar-refractivity contribution is 6.31. The minimum Gasteiger partial charge on any atom is -0.336 e. The first kappa shape index (κ1) is 16.9. The van der Waals surface area contributed by atoms with E-state index in [1.807, 2.05) is 60.7 Å². The van der Waals surface area contributed by atoms with Gasteiger partial charge in [-0.05, 0) is 42.7 Å². The average Bonchev–Trinajstić information content (AvgIpc) is 3.42. The number of aromatic nitrogens is 2. The molecule has 5 heteroatoms. The number of benzene rings is 2. The third kappa shape index (κ3) is 3.37. The van der Waals surface area contributed by atoms with Crippen molar-refractivity contribution in [2.24, 2.45) is 0 Å². The van der Waals surface area contributed by atoms with E-state index in [4.69, 9.17) is 16.7 Å². The van der Waals surface area contributed by atoms with Crippen LogP contribution in [0.3, 0.4) is 0 Å². The van der Waals surface area contributed by atoms with Gasteiger partial charge in [0.25, 0.3) is 5.91 Å². The van der Waals surface area contributed by atoms with Crippen LogP contribution in [0.4, 0.5) is 0 Å². The molecule has 2 aromatic carbocycles. The molecule has 132 valence electrons. The van der Waals surface area contributed by atoms with Crippen molar-refractivity contribution in [3.8, 4) is 5.69 Å². The number of rotatable bonds is 5. The molecule has 26 heavy (non-hydrogen) atoms. The second-order valence-electron chi connectivity index (χ2n) is 6.73. The lowest BCUT2D eigenvalue weighted by molar-refractivity contribution is 0.0776. The van der Waals surface area contributed by atoms with E-state index in [1.54, 1.807) is 16.6 Å². The molecular weight excluding hydrogens is 346 g/mol. The highest BCUT2D eigenvalue weighted by Gasteiger charge is 2.29. The monoisotopic (exact) mass is 365 g/mol. The van der Waals surface area contributed by atoms with Crippen molar-refractivity contribution in [1.29, 1.82) is 0 Å². The van der Waals surface area contributed by atoms with Gasteiger partial charge in [0.1, 0.15) is 5.69 Å². The van der Waals surface area contributed by atoms with Crippen LogP contribution in [-0.2, 0) is 6.54 Å². The van der Waals surface area contributed by atoms with Crippen LogP contribution in [0.25, 0.3) is 5.69 Å². The van der Waals surface area contributed by atoms with Crippen LogP contribution < -0.4 is 0 Å². The third-order valence-corrected chi connectivity index (χ3v) is 5.02. The van der Waals surface area contributed by atoms with Crippen LogP contribution in [0.2, 0.25) is 5.02 Å². The topological polar surface area (TPSA) is 38.1 Å². The molecule has 1 amide bonds. The van der Waals surface area contributed by atoms with Crippen LogP contribution in [0.15, 0.2) is 60.7 Å². The lowest BCUT2D eigenvalue weighted by atomic mass is 10.2. The highest BCUT2D eigenvalue weighted by Crippen LogP contribution is 2.39. The summed E-state index contributed by atoms with van der Waals surface area (Å²) in [6.07, 6.45) is 2.30. The zero-order valence-electron chi connectivity index (χ0n) is 14.6. The Bertz CT molecular complexity index is 931. The number of carbonyl (C=O) groups excluding carboxylic acids is 1. The minimum absolute atomic E-state index is 0.0619. The Hall–Kier alpha value is -2.59. The number of nitrogens with zero attached hydrogens (tertiary/aromatic N) is 3. The summed E-state index contributed by atoms with van der Waals surface area (Å²) < 4.78 is 1.76. The fourth-order valence-corrected chi connectivity index (χ4v) is 3.24. The molecule has 3 aromatic rings. The van der Waals surface area contributed by atoms with Gasteiger partial charge in [0.2, 0.25) is 0 Å². The quantitative estimate of drug-likeness (QED) is 0.658. The van der Waals surface area contributed by atoms with Crippen molar-refractivity contribution in [3.05, 3.63) is 82.6 Å². The fourth-order valence-electron chi connectivity index (χ4n) is 3.05. The van der Waals surface area contributed by atoms with E-state index in [1.165, 1.54) is 0 Å². The van der Waals surface area contributed by atoms with Crippen LogP contribution in [-0.4, -0.2) is 27.6 Å². The maximum Gasteiger partial charge on any atom is 0.272 e. The molecule has 1 aliphatic carbocycles. The molecule has 1 heterocycles. The molecule has 0 unspecified atom stereocenters. The Morgan fingerprint density at radius 2 is 1.85 bits per heavy atom. The van der Waals surface area contributed by atoms with Crippen LogP contribution in [0.1, 0.15) is 40.5 Å². The lowest BCUT2D eigenvalue weighted by Gasteiger charge is -2.18. The van der Waals surface area contributed by atoms with E-state index in [0.29, 0.717) is 23.2 Å². The molecule has 1 aliphatic rings. The highest BCUT2D eigenvalue weighted by atomic mass is 35.5. The van der Waals surface area contributed by atoms with E-state index in [9.17, 15) is 4.79 Å². The Morgan fingerprint density at radius 3 is 2.54 bits per heavy atom. The molecule has 0 spiro atoms. The lowest BCUT2D eigenvalue weighted by Crippen LogP contribution is -2.28. The normalized spacial score (nSPS) is 13.6. The van der Waals surface area contributed by atoms with Gasteiger partial charge < -0.3 is 4.90 Å². The average molecular weight is 366 g/mol. The summed E-state index contributed by atoms with van der Waals surface area (Å²) >= 11 is 6.24.